The van der Waals surface area contributed by atoms with E-state index in [9.17, 15) is 0 Å². The second-order valence-corrected chi connectivity index (χ2v) is 11.9. The van der Waals surface area contributed by atoms with E-state index in [2.05, 4.69) is 36.4 Å². The van der Waals surface area contributed by atoms with E-state index in [4.69, 9.17) is 28.8 Å². The summed E-state index contributed by atoms with van der Waals surface area (Å²) in [6, 6.07) is 44.8. The minimum atomic E-state index is 0.566. The number of fused-ring (bicyclic) bond motifs is 7. The van der Waals surface area contributed by atoms with Crippen LogP contribution >= 0.6 is 0 Å². The van der Waals surface area contributed by atoms with Crippen LogP contribution in [0.5, 0.6) is 0 Å². The molecule has 0 aliphatic heterocycles. The van der Waals surface area contributed by atoms with Crippen LogP contribution in [-0.4, -0.2) is 19.9 Å². The van der Waals surface area contributed by atoms with Crippen molar-refractivity contribution in [1.82, 2.24) is 19.9 Å². The molecular formula is C42H24N4O2. The van der Waals surface area contributed by atoms with Crippen LogP contribution in [0.1, 0.15) is 0 Å². The monoisotopic (exact) mass is 616 g/mol. The molecule has 6 heteroatoms. The number of pyridine rings is 1. The Morgan fingerprint density at radius 3 is 1.69 bits per heavy atom. The molecule has 0 amide bonds. The SMILES string of the molecule is c1ccc(-c2nc(-c3ccccc3)nc(-c3cccc4oc5c(-c6cccc7oc8cc9ccccc9cc8c67)cncc5c34)n2)cc1. The van der Waals surface area contributed by atoms with Crippen LogP contribution in [0, 0.1) is 0 Å². The Morgan fingerprint density at radius 1 is 0.396 bits per heavy atom. The number of hydrogen-bond donors (Lipinski definition) is 0. The van der Waals surface area contributed by atoms with E-state index in [-0.39, 0.29) is 0 Å². The van der Waals surface area contributed by atoms with Gasteiger partial charge in [0, 0.05) is 56.2 Å². The number of hydrogen-bond acceptors (Lipinski definition) is 6. The molecule has 4 aromatic heterocycles. The van der Waals surface area contributed by atoms with Crippen LogP contribution in [0.4, 0.5) is 0 Å². The summed E-state index contributed by atoms with van der Waals surface area (Å²) in [6.45, 7) is 0. The van der Waals surface area contributed by atoms with Crippen molar-refractivity contribution < 1.29 is 8.83 Å². The second kappa shape index (κ2) is 10.4. The van der Waals surface area contributed by atoms with Crippen molar-refractivity contribution in [1.29, 1.82) is 0 Å². The summed E-state index contributed by atoms with van der Waals surface area (Å²) in [5.41, 5.74) is 7.71. The third-order valence-electron chi connectivity index (χ3n) is 9.00. The van der Waals surface area contributed by atoms with Gasteiger partial charge in [-0.2, -0.15) is 0 Å². The van der Waals surface area contributed by atoms with Crippen molar-refractivity contribution >= 4 is 54.6 Å². The van der Waals surface area contributed by atoms with Crippen molar-refractivity contribution in [2.45, 2.75) is 0 Å². The Balaban J connectivity index is 1.22. The predicted octanol–water partition coefficient (Wildman–Crippen LogP) is 10.9. The zero-order chi connectivity index (χ0) is 31.6. The van der Waals surface area contributed by atoms with Gasteiger partial charge in [0.15, 0.2) is 17.5 Å². The quantitative estimate of drug-likeness (QED) is 0.196. The van der Waals surface area contributed by atoms with Gasteiger partial charge in [-0.15, -0.1) is 0 Å². The highest BCUT2D eigenvalue weighted by atomic mass is 16.3. The van der Waals surface area contributed by atoms with Gasteiger partial charge < -0.3 is 8.83 Å². The van der Waals surface area contributed by atoms with Gasteiger partial charge in [-0.25, -0.2) is 15.0 Å². The van der Waals surface area contributed by atoms with Gasteiger partial charge in [-0.3, -0.25) is 4.98 Å². The summed E-state index contributed by atoms with van der Waals surface area (Å²) in [4.78, 5) is 19.7. The molecule has 0 aliphatic rings. The molecule has 0 bridgehead atoms. The summed E-state index contributed by atoms with van der Waals surface area (Å²) < 4.78 is 13.1. The van der Waals surface area contributed by atoms with E-state index >= 15 is 0 Å². The number of furan rings is 2. The second-order valence-electron chi connectivity index (χ2n) is 11.9. The van der Waals surface area contributed by atoms with Gasteiger partial charge in [0.2, 0.25) is 0 Å². The number of benzene rings is 6. The summed E-state index contributed by atoms with van der Waals surface area (Å²) in [6.07, 6.45) is 3.75. The first-order chi connectivity index (χ1) is 23.8. The number of nitrogens with zero attached hydrogens (tertiary/aromatic N) is 4. The lowest BCUT2D eigenvalue weighted by Gasteiger charge is -2.09. The Morgan fingerprint density at radius 2 is 0.979 bits per heavy atom. The van der Waals surface area contributed by atoms with Crippen molar-refractivity contribution in [3.05, 3.63) is 146 Å². The van der Waals surface area contributed by atoms with Crippen molar-refractivity contribution in [2.24, 2.45) is 0 Å². The lowest BCUT2D eigenvalue weighted by molar-refractivity contribution is 0.669. The molecule has 6 nitrogen and oxygen atoms in total. The molecule has 0 saturated carbocycles. The van der Waals surface area contributed by atoms with Crippen LogP contribution in [0.3, 0.4) is 0 Å². The lowest BCUT2D eigenvalue weighted by Crippen LogP contribution is -2.00. The lowest BCUT2D eigenvalue weighted by atomic mass is 9.97. The van der Waals surface area contributed by atoms with Gasteiger partial charge in [0.25, 0.3) is 0 Å². The maximum absolute atomic E-state index is 6.70. The molecule has 48 heavy (non-hydrogen) atoms. The van der Waals surface area contributed by atoms with Gasteiger partial charge in [0.05, 0.1) is 0 Å². The van der Waals surface area contributed by atoms with Crippen LogP contribution in [0.2, 0.25) is 0 Å². The van der Waals surface area contributed by atoms with Crippen LogP contribution < -0.4 is 0 Å². The number of aromatic nitrogens is 4. The highest BCUT2D eigenvalue weighted by Crippen LogP contribution is 2.43. The first-order valence-electron chi connectivity index (χ1n) is 15.8. The van der Waals surface area contributed by atoms with Crippen molar-refractivity contribution in [2.75, 3.05) is 0 Å². The third-order valence-corrected chi connectivity index (χ3v) is 9.00. The van der Waals surface area contributed by atoms with E-state index in [1.165, 1.54) is 0 Å². The topological polar surface area (TPSA) is 77.8 Å². The zero-order valence-electron chi connectivity index (χ0n) is 25.5. The maximum atomic E-state index is 6.70. The smallest absolute Gasteiger partial charge is 0.164 e. The molecule has 10 rings (SSSR count). The predicted molar refractivity (Wildman–Crippen MR) is 191 cm³/mol. The molecule has 6 aromatic carbocycles. The molecule has 224 valence electrons. The minimum absolute atomic E-state index is 0.566. The Kier molecular flexibility index (Phi) is 5.77. The van der Waals surface area contributed by atoms with E-state index in [0.717, 1.165) is 82.5 Å². The van der Waals surface area contributed by atoms with Crippen LogP contribution in [0.15, 0.2) is 155 Å². The molecule has 0 fully saturated rings. The fourth-order valence-corrected chi connectivity index (χ4v) is 6.78. The Labute approximate surface area is 274 Å². The first kappa shape index (κ1) is 26.5. The third kappa shape index (κ3) is 4.13. The summed E-state index contributed by atoms with van der Waals surface area (Å²) in [5.74, 6) is 1.78. The summed E-state index contributed by atoms with van der Waals surface area (Å²) >= 11 is 0. The van der Waals surface area contributed by atoms with Crippen LogP contribution in [-0.2, 0) is 0 Å². The molecule has 0 spiro atoms. The number of rotatable bonds is 4. The molecule has 0 unspecified atom stereocenters. The highest BCUT2D eigenvalue weighted by Gasteiger charge is 2.22. The highest BCUT2D eigenvalue weighted by molar-refractivity contribution is 6.20. The zero-order valence-corrected chi connectivity index (χ0v) is 25.5. The van der Waals surface area contributed by atoms with Gasteiger partial charge in [-0.05, 0) is 40.6 Å². The van der Waals surface area contributed by atoms with Gasteiger partial charge in [0.1, 0.15) is 22.3 Å². The van der Waals surface area contributed by atoms with Crippen molar-refractivity contribution in [3.63, 3.8) is 0 Å². The van der Waals surface area contributed by atoms with Gasteiger partial charge >= 0.3 is 0 Å². The fraction of sp³-hybridized carbons (Fsp3) is 0. The maximum Gasteiger partial charge on any atom is 0.164 e. The molecule has 4 heterocycles. The average molecular weight is 617 g/mol. The molecule has 0 saturated heterocycles. The standard InChI is InChI=1S/C42H24N4O2/c1-3-11-25(12-4-1)40-44-41(26-13-5-2-6-14-26)46-42(45-40)30-18-10-20-35-38(30)33-24-43-23-32(39(33)48-35)29-17-9-19-34-37(29)31-21-27-15-7-8-16-28(27)22-36(31)47-34/h1-24H. The first-order valence-corrected chi connectivity index (χ1v) is 15.8. The van der Waals surface area contributed by atoms with E-state index in [1.807, 2.05) is 109 Å². The average Bonchev–Trinajstić information content (AvgIpc) is 3.72. The minimum Gasteiger partial charge on any atom is -0.456 e. The molecule has 0 aliphatic carbocycles. The molecule has 10 aromatic rings. The van der Waals surface area contributed by atoms with E-state index in [1.54, 1.807) is 0 Å². The molecular weight excluding hydrogens is 592 g/mol. The normalized spacial score (nSPS) is 11.8. The van der Waals surface area contributed by atoms with Crippen molar-refractivity contribution in [3.8, 4) is 45.3 Å². The Hall–Kier alpha value is -6.66. The van der Waals surface area contributed by atoms with E-state index < -0.39 is 0 Å². The fourth-order valence-electron chi connectivity index (χ4n) is 6.78. The van der Waals surface area contributed by atoms with E-state index in [0.29, 0.717) is 17.5 Å². The molecule has 0 radical (unpaired) electrons. The van der Waals surface area contributed by atoms with Gasteiger partial charge in [-0.1, -0.05) is 109 Å². The summed E-state index contributed by atoms with van der Waals surface area (Å²) in [5, 5.41) is 6.18. The molecule has 0 atom stereocenters. The largest absolute Gasteiger partial charge is 0.456 e. The summed E-state index contributed by atoms with van der Waals surface area (Å²) in [7, 11) is 0. The van der Waals surface area contributed by atoms with Crippen LogP contribution in [0.25, 0.3) is 99.9 Å². The Bertz CT molecular complexity index is 2780. The molecule has 0 N–H and O–H groups in total.